The third-order valence-corrected chi connectivity index (χ3v) is 3.02. The van der Waals surface area contributed by atoms with Crippen LogP contribution in [0.3, 0.4) is 0 Å². The van der Waals surface area contributed by atoms with Gasteiger partial charge in [0.05, 0.1) is 6.42 Å². The Kier molecular flexibility index (Phi) is 3.25. The predicted octanol–water partition coefficient (Wildman–Crippen LogP) is 1.10. The number of hydrogen-bond donors (Lipinski definition) is 1. The van der Waals surface area contributed by atoms with E-state index < -0.39 is 0 Å². The molecule has 3 heteroatoms. The first kappa shape index (κ1) is 11.1. The Hall–Kier alpha value is -1.35. The number of nitrogens with two attached hydrogens (primary N) is 1. The van der Waals surface area contributed by atoms with Gasteiger partial charge in [0.25, 0.3) is 0 Å². The highest BCUT2D eigenvalue weighted by atomic mass is 16.2. The van der Waals surface area contributed by atoms with Gasteiger partial charge in [0.15, 0.2) is 0 Å². The summed E-state index contributed by atoms with van der Waals surface area (Å²) in [4.78, 5) is 13.8. The molecule has 1 aromatic carbocycles. The van der Waals surface area contributed by atoms with Crippen molar-refractivity contribution in [1.29, 1.82) is 0 Å². The van der Waals surface area contributed by atoms with Crippen LogP contribution in [0.15, 0.2) is 24.3 Å². The second-order valence-corrected chi connectivity index (χ2v) is 4.55. The molecular formula is C13H18N2O. The smallest absolute Gasteiger partial charge is 0.227 e. The predicted molar refractivity (Wildman–Crippen MR) is 64.1 cm³/mol. The molecule has 1 aliphatic rings. The number of benzene rings is 1. The molecule has 1 saturated heterocycles. The molecule has 1 heterocycles. The number of nitrogens with zero attached hydrogens (tertiary/aromatic N) is 1. The minimum atomic E-state index is 0.168. The zero-order valence-corrected chi connectivity index (χ0v) is 9.65. The van der Waals surface area contributed by atoms with Crippen LogP contribution >= 0.6 is 0 Å². The summed E-state index contributed by atoms with van der Waals surface area (Å²) in [5, 5.41) is 0. The lowest BCUT2D eigenvalue weighted by atomic mass is 10.1. The quantitative estimate of drug-likeness (QED) is 0.808. The summed E-state index contributed by atoms with van der Waals surface area (Å²) in [6.07, 6.45) is 1.42. The second kappa shape index (κ2) is 4.66. The van der Waals surface area contributed by atoms with Crippen molar-refractivity contribution in [3.05, 3.63) is 35.4 Å². The zero-order valence-electron chi connectivity index (χ0n) is 9.65. The molecule has 0 aliphatic carbocycles. The number of carbonyl (C=O) groups excluding carboxylic acids is 1. The Morgan fingerprint density at radius 1 is 1.56 bits per heavy atom. The summed E-state index contributed by atoms with van der Waals surface area (Å²) in [5.41, 5.74) is 8.07. The van der Waals surface area contributed by atoms with Crippen LogP contribution in [0.5, 0.6) is 0 Å². The fourth-order valence-corrected chi connectivity index (χ4v) is 2.12. The maximum absolute atomic E-state index is 11.9. The van der Waals surface area contributed by atoms with Crippen LogP contribution in [0.1, 0.15) is 17.5 Å². The fourth-order valence-electron chi connectivity index (χ4n) is 2.12. The van der Waals surface area contributed by atoms with E-state index in [4.69, 9.17) is 5.73 Å². The van der Waals surface area contributed by atoms with Crippen LogP contribution in [0.4, 0.5) is 0 Å². The summed E-state index contributed by atoms with van der Waals surface area (Å²) in [5.74, 6) is 0.193. The highest BCUT2D eigenvalue weighted by molar-refractivity contribution is 5.79. The van der Waals surface area contributed by atoms with Crippen LogP contribution in [-0.2, 0) is 11.2 Å². The van der Waals surface area contributed by atoms with Gasteiger partial charge in [0, 0.05) is 19.1 Å². The number of likely N-dealkylation sites (tertiary alicyclic amines) is 1. The van der Waals surface area contributed by atoms with Crippen LogP contribution < -0.4 is 5.73 Å². The maximum Gasteiger partial charge on any atom is 0.227 e. The zero-order chi connectivity index (χ0) is 11.5. The molecule has 1 atom stereocenters. The van der Waals surface area contributed by atoms with E-state index >= 15 is 0 Å². The van der Waals surface area contributed by atoms with Gasteiger partial charge in [-0.1, -0.05) is 29.8 Å². The molecule has 0 aromatic heterocycles. The van der Waals surface area contributed by atoms with Crippen LogP contribution in [0.2, 0.25) is 0 Å². The second-order valence-electron chi connectivity index (χ2n) is 4.55. The molecule has 0 radical (unpaired) electrons. The van der Waals surface area contributed by atoms with Gasteiger partial charge >= 0.3 is 0 Å². The summed E-state index contributed by atoms with van der Waals surface area (Å²) in [7, 11) is 0. The van der Waals surface area contributed by atoms with E-state index in [-0.39, 0.29) is 11.9 Å². The number of aryl methyl sites for hydroxylation is 1. The lowest BCUT2D eigenvalue weighted by Gasteiger charge is -2.15. The molecule has 1 aliphatic heterocycles. The lowest BCUT2D eigenvalue weighted by molar-refractivity contribution is -0.129. The summed E-state index contributed by atoms with van der Waals surface area (Å²) >= 11 is 0. The topological polar surface area (TPSA) is 46.3 Å². The van der Waals surface area contributed by atoms with Crippen LogP contribution in [-0.4, -0.2) is 29.9 Å². The highest BCUT2D eigenvalue weighted by Crippen LogP contribution is 2.11. The Morgan fingerprint density at radius 3 is 3.00 bits per heavy atom. The third kappa shape index (κ3) is 2.61. The summed E-state index contributed by atoms with van der Waals surface area (Å²) < 4.78 is 0. The van der Waals surface area contributed by atoms with Gasteiger partial charge in [-0.2, -0.15) is 0 Å². The SMILES string of the molecule is Cc1cccc(CC(=O)N2CC[C@@H](N)C2)c1. The molecule has 2 N–H and O–H groups in total. The van der Waals surface area contributed by atoms with E-state index in [1.807, 2.05) is 30.0 Å². The summed E-state index contributed by atoms with van der Waals surface area (Å²) in [6, 6.07) is 8.27. The van der Waals surface area contributed by atoms with E-state index in [1.54, 1.807) is 0 Å². The van der Waals surface area contributed by atoms with E-state index in [0.29, 0.717) is 13.0 Å². The van der Waals surface area contributed by atoms with Gasteiger partial charge in [-0.05, 0) is 18.9 Å². The molecule has 2 rings (SSSR count). The summed E-state index contributed by atoms with van der Waals surface area (Å²) in [6.45, 7) is 3.57. The van der Waals surface area contributed by atoms with E-state index in [0.717, 1.165) is 18.5 Å². The Bertz CT molecular complexity index is 389. The fraction of sp³-hybridized carbons (Fsp3) is 0.462. The largest absolute Gasteiger partial charge is 0.341 e. The van der Waals surface area contributed by atoms with Gasteiger partial charge in [-0.3, -0.25) is 4.79 Å². The van der Waals surface area contributed by atoms with Gasteiger partial charge in [-0.25, -0.2) is 0 Å². The van der Waals surface area contributed by atoms with E-state index in [2.05, 4.69) is 6.07 Å². The molecule has 1 aromatic rings. The standard InChI is InChI=1S/C13H18N2O/c1-10-3-2-4-11(7-10)8-13(16)15-6-5-12(14)9-15/h2-4,7,12H,5-6,8-9,14H2,1H3/t12-/m1/s1. The van der Waals surface area contributed by atoms with Crippen molar-refractivity contribution in [3.63, 3.8) is 0 Å². The van der Waals surface area contributed by atoms with Crippen molar-refractivity contribution >= 4 is 5.91 Å². The Labute approximate surface area is 96.2 Å². The lowest BCUT2D eigenvalue weighted by Crippen LogP contribution is -2.32. The van der Waals surface area contributed by atoms with Gasteiger partial charge < -0.3 is 10.6 Å². The van der Waals surface area contributed by atoms with Crippen molar-refractivity contribution in [2.24, 2.45) is 5.73 Å². The molecule has 86 valence electrons. The van der Waals surface area contributed by atoms with Crippen molar-refractivity contribution in [2.45, 2.75) is 25.8 Å². The first-order chi connectivity index (χ1) is 7.65. The maximum atomic E-state index is 11.9. The number of carbonyl (C=O) groups is 1. The average Bonchev–Trinajstić information content (AvgIpc) is 2.65. The average molecular weight is 218 g/mol. The Balaban J connectivity index is 1.97. The number of amides is 1. The molecular weight excluding hydrogens is 200 g/mol. The van der Waals surface area contributed by atoms with Gasteiger partial charge in [-0.15, -0.1) is 0 Å². The van der Waals surface area contributed by atoms with Crippen molar-refractivity contribution in [1.82, 2.24) is 4.90 Å². The molecule has 3 nitrogen and oxygen atoms in total. The van der Waals surface area contributed by atoms with E-state index in [9.17, 15) is 4.79 Å². The molecule has 0 saturated carbocycles. The van der Waals surface area contributed by atoms with E-state index in [1.165, 1.54) is 5.56 Å². The highest BCUT2D eigenvalue weighted by Gasteiger charge is 2.23. The molecule has 0 unspecified atom stereocenters. The van der Waals surface area contributed by atoms with Gasteiger partial charge in [0.1, 0.15) is 0 Å². The first-order valence-electron chi connectivity index (χ1n) is 5.74. The van der Waals surface area contributed by atoms with Crippen molar-refractivity contribution in [3.8, 4) is 0 Å². The minimum Gasteiger partial charge on any atom is -0.341 e. The van der Waals surface area contributed by atoms with Gasteiger partial charge in [0.2, 0.25) is 5.91 Å². The molecule has 16 heavy (non-hydrogen) atoms. The molecule has 0 spiro atoms. The van der Waals surface area contributed by atoms with Crippen LogP contribution in [0.25, 0.3) is 0 Å². The molecule has 1 amide bonds. The molecule has 0 bridgehead atoms. The van der Waals surface area contributed by atoms with Crippen molar-refractivity contribution < 1.29 is 4.79 Å². The number of rotatable bonds is 2. The Morgan fingerprint density at radius 2 is 2.38 bits per heavy atom. The number of hydrogen-bond acceptors (Lipinski definition) is 2. The van der Waals surface area contributed by atoms with Crippen LogP contribution in [0, 0.1) is 6.92 Å². The van der Waals surface area contributed by atoms with Crippen molar-refractivity contribution in [2.75, 3.05) is 13.1 Å². The first-order valence-corrected chi connectivity index (χ1v) is 5.74. The monoisotopic (exact) mass is 218 g/mol. The minimum absolute atomic E-state index is 0.168. The molecule has 1 fully saturated rings. The normalized spacial score (nSPS) is 20.1. The third-order valence-electron chi connectivity index (χ3n) is 3.02.